The molecule has 5 atom stereocenters. The molecule has 1 heterocycles. The summed E-state index contributed by atoms with van der Waals surface area (Å²) >= 11 is 5.37. The lowest BCUT2D eigenvalue weighted by atomic mass is 9.97. The number of hydrogen-bond acceptors (Lipinski definition) is 12. The van der Waals surface area contributed by atoms with Gasteiger partial charge in [-0.05, 0) is 43.4 Å². The number of carbonyl (C=O) groups is 5. The molecule has 1 aromatic carbocycles. The second-order valence-corrected chi connectivity index (χ2v) is 8.42. The van der Waals surface area contributed by atoms with E-state index in [4.69, 9.17) is 40.6 Å². The van der Waals surface area contributed by atoms with Gasteiger partial charge in [-0.1, -0.05) is 0 Å². The summed E-state index contributed by atoms with van der Waals surface area (Å²) in [7, 11) is 0. The second-order valence-electron chi connectivity index (χ2n) is 8.02. The Morgan fingerprint density at radius 1 is 0.816 bits per heavy atom. The Bertz CT molecular complexity index is 1050. The maximum atomic E-state index is 11.9. The van der Waals surface area contributed by atoms with Crippen molar-refractivity contribution in [2.24, 2.45) is 0 Å². The van der Waals surface area contributed by atoms with Crippen molar-refractivity contribution in [1.82, 2.24) is 5.32 Å². The van der Waals surface area contributed by atoms with Crippen molar-refractivity contribution in [2.45, 2.75) is 65.3 Å². The van der Waals surface area contributed by atoms with E-state index in [1.807, 2.05) is 0 Å². The first-order valence-electron chi connectivity index (χ1n) is 11.6. The zero-order chi connectivity index (χ0) is 28.4. The van der Waals surface area contributed by atoms with E-state index in [9.17, 15) is 24.0 Å². The number of ether oxygens (including phenoxy) is 6. The summed E-state index contributed by atoms with van der Waals surface area (Å²) in [6, 6.07) is 6.26. The Balaban J connectivity index is 2.30. The summed E-state index contributed by atoms with van der Waals surface area (Å²) in [6.45, 7) is 6.14. The van der Waals surface area contributed by atoms with E-state index in [1.165, 1.54) is 19.1 Å². The fourth-order valence-electron chi connectivity index (χ4n) is 3.55. The molecule has 2 rings (SSSR count). The van der Waals surface area contributed by atoms with E-state index in [2.05, 4.69) is 10.6 Å². The van der Waals surface area contributed by atoms with Crippen LogP contribution in [0.15, 0.2) is 24.3 Å². The Labute approximate surface area is 224 Å². The first-order chi connectivity index (χ1) is 17.9. The molecule has 1 aromatic rings. The Morgan fingerprint density at radius 2 is 1.37 bits per heavy atom. The molecule has 0 bridgehead atoms. The van der Waals surface area contributed by atoms with Crippen LogP contribution in [-0.4, -0.2) is 78.8 Å². The molecule has 0 saturated carbocycles. The van der Waals surface area contributed by atoms with Crippen LogP contribution in [0.25, 0.3) is 0 Å². The Kier molecular flexibility index (Phi) is 11.4. The summed E-state index contributed by atoms with van der Waals surface area (Å²) in [4.78, 5) is 58.9. The third kappa shape index (κ3) is 9.27. The van der Waals surface area contributed by atoms with Crippen LogP contribution in [-0.2, 0) is 47.6 Å². The van der Waals surface area contributed by atoms with Crippen molar-refractivity contribution >= 4 is 52.9 Å². The fourth-order valence-corrected chi connectivity index (χ4v) is 3.78. The van der Waals surface area contributed by atoms with Gasteiger partial charge in [0.15, 0.2) is 29.7 Å². The highest BCUT2D eigenvalue weighted by Gasteiger charge is 2.52. The summed E-state index contributed by atoms with van der Waals surface area (Å²) in [5.41, 5.74) is 0.844. The molecule has 0 aliphatic carbocycles. The minimum Gasteiger partial charge on any atom is -0.463 e. The first-order valence-corrected chi connectivity index (χ1v) is 12.0. The van der Waals surface area contributed by atoms with Crippen LogP contribution in [0.2, 0.25) is 0 Å². The smallest absolute Gasteiger partial charge is 0.338 e. The van der Waals surface area contributed by atoms with Crippen molar-refractivity contribution in [3.05, 3.63) is 29.8 Å². The summed E-state index contributed by atoms with van der Waals surface area (Å²) < 4.78 is 32.0. The van der Waals surface area contributed by atoms with Gasteiger partial charge in [0.05, 0.1) is 12.2 Å². The lowest BCUT2D eigenvalue weighted by Gasteiger charge is -2.44. The molecule has 0 aromatic heterocycles. The summed E-state index contributed by atoms with van der Waals surface area (Å²) in [5.74, 6) is -3.33. The minimum absolute atomic E-state index is 0.00906. The number of esters is 5. The van der Waals surface area contributed by atoms with Gasteiger partial charge in [0.1, 0.15) is 12.7 Å². The molecule has 1 aliphatic rings. The van der Waals surface area contributed by atoms with Crippen LogP contribution in [0, 0.1) is 0 Å². The van der Waals surface area contributed by atoms with Crippen LogP contribution in [0.3, 0.4) is 0 Å². The predicted octanol–water partition coefficient (Wildman–Crippen LogP) is 1.23. The van der Waals surface area contributed by atoms with Crippen molar-refractivity contribution in [2.75, 3.05) is 18.5 Å². The molecule has 1 saturated heterocycles. The number of benzene rings is 1. The molecule has 0 spiro atoms. The highest BCUT2D eigenvalue weighted by molar-refractivity contribution is 7.80. The molecule has 1 fully saturated rings. The van der Waals surface area contributed by atoms with Gasteiger partial charge in [0.25, 0.3) is 0 Å². The van der Waals surface area contributed by atoms with E-state index in [-0.39, 0.29) is 18.3 Å². The highest BCUT2D eigenvalue weighted by atomic mass is 32.1. The van der Waals surface area contributed by atoms with Gasteiger partial charge < -0.3 is 39.1 Å². The molecule has 0 radical (unpaired) electrons. The lowest BCUT2D eigenvalue weighted by Crippen LogP contribution is -2.66. The SMILES string of the molecule is CCOC(=O)c1ccc(NC(=S)N[C@@H]2O[C@H](COC(C)=O)[C@H](OC(C)=O)[C@H](OC(C)=O)[C@H]2OC(C)=O)cc1. The number of nitrogens with one attached hydrogen (secondary N) is 2. The van der Waals surface area contributed by atoms with Crippen molar-refractivity contribution in [1.29, 1.82) is 0 Å². The van der Waals surface area contributed by atoms with Crippen LogP contribution < -0.4 is 10.6 Å². The molecular weight excluding hydrogens is 524 g/mol. The van der Waals surface area contributed by atoms with Gasteiger partial charge in [-0.3, -0.25) is 19.2 Å². The molecule has 38 heavy (non-hydrogen) atoms. The van der Waals surface area contributed by atoms with E-state index in [0.29, 0.717) is 11.3 Å². The van der Waals surface area contributed by atoms with Crippen LogP contribution in [0.5, 0.6) is 0 Å². The molecule has 0 amide bonds. The van der Waals surface area contributed by atoms with E-state index >= 15 is 0 Å². The van der Waals surface area contributed by atoms with Crippen molar-refractivity contribution in [3.8, 4) is 0 Å². The van der Waals surface area contributed by atoms with E-state index < -0.39 is 60.5 Å². The zero-order valence-corrected chi connectivity index (χ0v) is 22.3. The first kappa shape index (κ1) is 30.4. The maximum absolute atomic E-state index is 11.9. The van der Waals surface area contributed by atoms with E-state index in [0.717, 1.165) is 20.8 Å². The number of rotatable bonds is 9. The highest BCUT2D eigenvalue weighted by Crippen LogP contribution is 2.28. The molecule has 0 unspecified atom stereocenters. The molecule has 208 valence electrons. The minimum atomic E-state index is -1.33. The van der Waals surface area contributed by atoms with Crippen LogP contribution >= 0.6 is 12.2 Å². The normalized spacial score (nSPS) is 22.3. The number of thiocarbonyl (C=S) groups is 1. The van der Waals surface area contributed by atoms with Gasteiger partial charge in [0, 0.05) is 33.4 Å². The Hall–Kier alpha value is -3.78. The molecule has 13 nitrogen and oxygen atoms in total. The average Bonchev–Trinajstić information content (AvgIpc) is 2.81. The van der Waals surface area contributed by atoms with Gasteiger partial charge in [-0.25, -0.2) is 4.79 Å². The largest absolute Gasteiger partial charge is 0.463 e. The number of carbonyl (C=O) groups excluding carboxylic acids is 5. The molecule has 2 N–H and O–H groups in total. The lowest BCUT2D eigenvalue weighted by molar-refractivity contribution is -0.254. The third-order valence-electron chi connectivity index (χ3n) is 4.92. The van der Waals surface area contributed by atoms with Gasteiger partial charge in [-0.15, -0.1) is 0 Å². The summed E-state index contributed by atoms with van der Waals surface area (Å²) in [6.07, 6.45) is -6.29. The number of anilines is 1. The zero-order valence-electron chi connectivity index (χ0n) is 21.5. The predicted molar refractivity (Wildman–Crippen MR) is 134 cm³/mol. The van der Waals surface area contributed by atoms with Gasteiger partial charge >= 0.3 is 29.8 Å². The molecule has 14 heteroatoms. The monoisotopic (exact) mass is 554 g/mol. The third-order valence-corrected chi connectivity index (χ3v) is 5.14. The standard InChI is InChI=1S/C24H30N2O11S/c1-6-32-23(31)16-7-9-17(10-8-16)25-24(38)26-22-21(36-15(5)30)20(35-14(4)29)19(34-13(3)28)18(37-22)11-33-12(2)27/h7-10,18-22H,6,11H2,1-5H3,(H2,25,26,38)/t18-,19+,20+,21-,22-/m1/s1. The van der Waals surface area contributed by atoms with E-state index in [1.54, 1.807) is 19.1 Å². The fraction of sp³-hybridized carbons (Fsp3) is 0.500. The maximum Gasteiger partial charge on any atom is 0.338 e. The quantitative estimate of drug-likeness (QED) is 0.254. The van der Waals surface area contributed by atoms with Crippen molar-refractivity contribution in [3.63, 3.8) is 0 Å². The van der Waals surface area contributed by atoms with Crippen molar-refractivity contribution < 1.29 is 52.4 Å². The van der Waals surface area contributed by atoms with Gasteiger partial charge in [0.2, 0.25) is 0 Å². The second kappa shape index (κ2) is 14.2. The Morgan fingerprint density at radius 3 is 1.89 bits per heavy atom. The van der Waals surface area contributed by atoms with Crippen LogP contribution in [0.4, 0.5) is 5.69 Å². The summed E-state index contributed by atoms with van der Waals surface area (Å²) in [5, 5.41) is 5.74. The molecular formula is C24H30N2O11S. The van der Waals surface area contributed by atoms with Crippen LogP contribution in [0.1, 0.15) is 45.0 Å². The number of hydrogen-bond donors (Lipinski definition) is 2. The topological polar surface area (TPSA) is 165 Å². The molecule has 1 aliphatic heterocycles. The van der Waals surface area contributed by atoms with Gasteiger partial charge in [-0.2, -0.15) is 0 Å². The average molecular weight is 555 g/mol.